The molecule has 3 N–H and O–H groups in total. The zero-order chi connectivity index (χ0) is 19.8. The molecule has 2 saturated carbocycles. The van der Waals surface area contributed by atoms with Crippen molar-refractivity contribution < 1.29 is 4.79 Å². The summed E-state index contributed by atoms with van der Waals surface area (Å²) in [5, 5.41) is 0. The number of amides is 1. The number of hydrogen-bond donors (Lipinski definition) is 2. The van der Waals surface area contributed by atoms with Crippen molar-refractivity contribution in [1.29, 1.82) is 0 Å². The van der Waals surface area contributed by atoms with Gasteiger partial charge in [0.1, 0.15) is 5.82 Å². The largest absolute Gasteiger partial charge is 0.383 e. The highest BCUT2D eigenvalue weighted by Crippen LogP contribution is 2.49. The lowest BCUT2D eigenvalue weighted by atomic mass is 9.86. The van der Waals surface area contributed by atoms with Crippen molar-refractivity contribution in [2.45, 2.75) is 38.6 Å². The van der Waals surface area contributed by atoms with Crippen molar-refractivity contribution in [2.24, 2.45) is 17.8 Å². The zero-order valence-electron chi connectivity index (χ0n) is 16.1. The third-order valence-electron chi connectivity index (χ3n) is 6.43. The molecule has 28 heavy (non-hydrogen) atoms. The SMILES string of the molecule is CN(C(=O)CC1CC2CCC1C2)c1c(N)n(Cc2ccccc2)c(=O)[nH]c1=O. The van der Waals surface area contributed by atoms with E-state index in [0.29, 0.717) is 18.3 Å². The molecular formula is C21H26N4O3. The molecule has 2 aliphatic rings. The van der Waals surface area contributed by atoms with Gasteiger partial charge in [-0.25, -0.2) is 4.79 Å². The minimum absolute atomic E-state index is 0.0152. The van der Waals surface area contributed by atoms with E-state index in [1.807, 2.05) is 30.3 Å². The first-order chi connectivity index (χ1) is 13.4. The number of nitrogens with two attached hydrogens (primary N) is 1. The minimum Gasteiger partial charge on any atom is -0.383 e. The van der Waals surface area contributed by atoms with Gasteiger partial charge >= 0.3 is 5.69 Å². The van der Waals surface area contributed by atoms with E-state index in [1.54, 1.807) is 7.05 Å². The highest BCUT2D eigenvalue weighted by Gasteiger charge is 2.40. The molecule has 1 aromatic heterocycles. The Morgan fingerprint density at radius 2 is 1.96 bits per heavy atom. The second kappa shape index (κ2) is 7.30. The maximum atomic E-state index is 12.9. The third-order valence-corrected chi connectivity index (χ3v) is 6.43. The predicted octanol–water partition coefficient (Wildman–Crippen LogP) is 1.96. The average Bonchev–Trinajstić information content (AvgIpc) is 3.29. The number of nitrogen functional groups attached to an aromatic ring is 1. The Balaban J connectivity index is 1.59. The standard InChI is InChI=1S/C21H26N4O3/c1-24(17(26)11-16-10-14-7-8-15(16)9-14)18-19(22)25(21(28)23-20(18)27)12-13-5-3-2-4-6-13/h2-6,14-16H,7-12,22H2,1H3,(H,23,27,28). The van der Waals surface area contributed by atoms with Gasteiger partial charge in [-0.3, -0.25) is 19.1 Å². The number of nitrogens with one attached hydrogen (secondary N) is 1. The number of nitrogens with zero attached hydrogens (tertiary/aromatic N) is 2. The average molecular weight is 382 g/mol. The Morgan fingerprint density at radius 3 is 2.61 bits per heavy atom. The quantitative estimate of drug-likeness (QED) is 0.825. The number of anilines is 2. The van der Waals surface area contributed by atoms with E-state index >= 15 is 0 Å². The summed E-state index contributed by atoms with van der Waals surface area (Å²) in [6, 6.07) is 9.37. The number of H-pyrrole nitrogens is 1. The van der Waals surface area contributed by atoms with Gasteiger partial charge in [0.15, 0.2) is 5.69 Å². The second-order valence-electron chi connectivity index (χ2n) is 8.16. The van der Waals surface area contributed by atoms with Crippen molar-refractivity contribution in [3.63, 3.8) is 0 Å². The molecule has 2 bridgehead atoms. The summed E-state index contributed by atoms with van der Waals surface area (Å²) < 4.78 is 1.30. The minimum atomic E-state index is -0.629. The molecule has 2 fully saturated rings. The monoisotopic (exact) mass is 382 g/mol. The van der Waals surface area contributed by atoms with Crippen LogP contribution in [0.25, 0.3) is 0 Å². The molecular weight excluding hydrogens is 356 g/mol. The molecule has 148 valence electrons. The Hall–Kier alpha value is -2.83. The van der Waals surface area contributed by atoms with Crippen molar-refractivity contribution >= 4 is 17.4 Å². The molecule has 7 nitrogen and oxygen atoms in total. The number of aromatic amines is 1. The number of aromatic nitrogens is 2. The van der Waals surface area contributed by atoms with Crippen LogP contribution in [0.2, 0.25) is 0 Å². The molecule has 1 heterocycles. The predicted molar refractivity (Wildman–Crippen MR) is 108 cm³/mol. The molecule has 2 aliphatic carbocycles. The Kier molecular flexibility index (Phi) is 4.83. The molecule has 1 aromatic carbocycles. The molecule has 0 spiro atoms. The van der Waals surface area contributed by atoms with Gasteiger partial charge < -0.3 is 10.6 Å². The maximum absolute atomic E-state index is 12.9. The van der Waals surface area contributed by atoms with E-state index in [0.717, 1.165) is 17.9 Å². The van der Waals surface area contributed by atoms with E-state index in [9.17, 15) is 14.4 Å². The van der Waals surface area contributed by atoms with Crippen LogP contribution in [0, 0.1) is 17.8 Å². The summed E-state index contributed by atoms with van der Waals surface area (Å²) in [7, 11) is 1.56. The van der Waals surface area contributed by atoms with E-state index in [1.165, 1.54) is 28.7 Å². The number of rotatable bonds is 5. The number of fused-ring (bicyclic) bond motifs is 2. The second-order valence-corrected chi connectivity index (χ2v) is 8.16. The lowest BCUT2D eigenvalue weighted by molar-refractivity contribution is -0.119. The van der Waals surface area contributed by atoms with Gasteiger partial charge in [-0.1, -0.05) is 36.8 Å². The highest BCUT2D eigenvalue weighted by molar-refractivity contribution is 5.95. The molecule has 3 unspecified atom stereocenters. The number of hydrogen-bond acceptors (Lipinski definition) is 4. The van der Waals surface area contributed by atoms with Gasteiger partial charge in [-0.05, 0) is 42.6 Å². The van der Waals surface area contributed by atoms with Crippen LogP contribution in [0.4, 0.5) is 11.5 Å². The first-order valence-electron chi connectivity index (χ1n) is 9.87. The molecule has 0 aliphatic heterocycles. The van der Waals surface area contributed by atoms with Crippen LogP contribution in [0.15, 0.2) is 39.9 Å². The summed E-state index contributed by atoms with van der Waals surface area (Å²) in [6.45, 7) is 0.226. The molecule has 0 saturated heterocycles. The van der Waals surface area contributed by atoms with Gasteiger partial charge in [-0.15, -0.1) is 0 Å². The van der Waals surface area contributed by atoms with Gasteiger partial charge in [0.2, 0.25) is 5.91 Å². The third kappa shape index (κ3) is 3.37. The van der Waals surface area contributed by atoms with Gasteiger partial charge in [-0.2, -0.15) is 0 Å². The molecule has 1 amide bonds. The zero-order valence-corrected chi connectivity index (χ0v) is 16.1. The Labute approximate surface area is 163 Å². The van der Waals surface area contributed by atoms with E-state index in [-0.39, 0.29) is 24.0 Å². The Morgan fingerprint density at radius 1 is 1.21 bits per heavy atom. The molecule has 0 radical (unpaired) electrons. The normalized spacial score (nSPS) is 23.1. The van der Waals surface area contributed by atoms with Crippen molar-refractivity contribution in [1.82, 2.24) is 9.55 Å². The summed E-state index contributed by atoms with van der Waals surface area (Å²) in [4.78, 5) is 41.2. The summed E-state index contributed by atoms with van der Waals surface area (Å²) in [6.07, 6.45) is 5.24. The van der Waals surface area contributed by atoms with Crippen LogP contribution in [-0.4, -0.2) is 22.5 Å². The van der Waals surface area contributed by atoms with Crippen LogP contribution in [-0.2, 0) is 11.3 Å². The summed E-state index contributed by atoms with van der Waals surface area (Å²) in [5.74, 6) is 1.67. The number of carbonyl (C=O) groups is 1. The fourth-order valence-electron chi connectivity index (χ4n) is 4.94. The van der Waals surface area contributed by atoms with Crippen molar-refractivity contribution in [3.05, 3.63) is 56.7 Å². The van der Waals surface area contributed by atoms with Crippen LogP contribution in [0.5, 0.6) is 0 Å². The van der Waals surface area contributed by atoms with E-state index in [2.05, 4.69) is 4.98 Å². The van der Waals surface area contributed by atoms with E-state index < -0.39 is 11.2 Å². The van der Waals surface area contributed by atoms with Gasteiger partial charge in [0.25, 0.3) is 5.56 Å². The van der Waals surface area contributed by atoms with Crippen molar-refractivity contribution in [3.8, 4) is 0 Å². The lowest BCUT2D eigenvalue weighted by Crippen LogP contribution is -2.40. The smallest absolute Gasteiger partial charge is 0.330 e. The fraction of sp³-hybridized carbons (Fsp3) is 0.476. The topological polar surface area (TPSA) is 101 Å². The number of benzene rings is 1. The number of carbonyl (C=O) groups excluding carboxylic acids is 1. The maximum Gasteiger partial charge on any atom is 0.330 e. The van der Waals surface area contributed by atoms with Crippen LogP contribution in [0.3, 0.4) is 0 Å². The molecule has 4 rings (SSSR count). The van der Waals surface area contributed by atoms with Crippen LogP contribution < -0.4 is 21.9 Å². The van der Waals surface area contributed by atoms with Gasteiger partial charge in [0.05, 0.1) is 6.54 Å². The van der Waals surface area contributed by atoms with Gasteiger partial charge in [0, 0.05) is 13.5 Å². The molecule has 7 heteroatoms. The summed E-state index contributed by atoms with van der Waals surface area (Å²) in [5.41, 5.74) is 5.91. The first-order valence-corrected chi connectivity index (χ1v) is 9.87. The highest BCUT2D eigenvalue weighted by atomic mass is 16.2. The van der Waals surface area contributed by atoms with Crippen molar-refractivity contribution in [2.75, 3.05) is 17.7 Å². The fourth-order valence-corrected chi connectivity index (χ4v) is 4.94. The molecule has 2 aromatic rings. The summed E-state index contributed by atoms with van der Waals surface area (Å²) >= 11 is 0. The lowest BCUT2D eigenvalue weighted by Gasteiger charge is -2.25. The van der Waals surface area contributed by atoms with Crippen LogP contribution in [0.1, 0.15) is 37.7 Å². The van der Waals surface area contributed by atoms with Crippen LogP contribution >= 0.6 is 0 Å². The van der Waals surface area contributed by atoms with E-state index in [4.69, 9.17) is 5.73 Å². The Bertz CT molecular complexity index is 995. The molecule has 3 atom stereocenters. The first kappa shape index (κ1) is 18.5.